The molecule has 0 atom stereocenters. The number of aromatic nitrogens is 4. The van der Waals surface area contributed by atoms with Gasteiger partial charge in [0.2, 0.25) is 0 Å². The fourth-order valence-electron chi connectivity index (χ4n) is 6.70. The number of aliphatic hydroxyl groups is 4. The molecule has 0 spiro atoms. The maximum Gasteiger partial charge on any atom is 1.00 e. The Morgan fingerprint density at radius 1 is 0.564 bits per heavy atom. The number of nitrogen functional groups attached to an aromatic ring is 1. The topological polar surface area (TPSA) is 325 Å². The van der Waals surface area contributed by atoms with Gasteiger partial charge in [-0.15, -0.1) is 0 Å². The molecule has 0 unspecified atom stereocenters. The Labute approximate surface area is 499 Å². The number of anilines is 1. The molecule has 10 N–H and O–H groups in total. The molecule has 0 aliphatic carbocycles. The number of fused-ring (bicyclic) bond motifs is 2. The molecule has 0 saturated carbocycles. The largest absolute Gasteiger partial charge is 1.00 e. The fraction of sp³-hybridized carbons (Fsp3) is 0.167. The van der Waals surface area contributed by atoms with Gasteiger partial charge in [-0.1, -0.05) is 48.5 Å². The molecule has 0 saturated heterocycles. The summed E-state index contributed by atoms with van der Waals surface area (Å²) >= 11 is -5.92. The summed E-state index contributed by atoms with van der Waals surface area (Å²) in [5.41, 5.74) is 18.5. The van der Waals surface area contributed by atoms with E-state index in [0.717, 1.165) is 79.6 Å². The van der Waals surface area contributed by atoms with E-state index in [1.54, 1.807) is 24.3 Å². The van der Waals surface area contributed by atoms with Gasteiger partial charge in [-0.25, -0.2) is 22.0 Å². The zero-order valence-corrected chi connectivity index (χ0v) is 48.6. The first-order valence-corrected chi connectivity index (χ1v) is 25.2. The van der Waals surface area contributed by atoms with Crippen LogP contribution in [0.1, 0.15) is 15.9 Å². The summed E-state index contributed by atoms with van der Waals surface area (Å²) in [6, 6.07) is 53.5. The minimum absolute atomic E-state index is 0. The number of para-hydroxylation sites is 5. The quantitative estimate of drug-likeness (QED) is 0.0237. The Kier molecular flexibility index (Phi) is 31.6. The first-order chi connectivity index (χ1) is 36.9. The van der Waals surface area contributed by atoms with Crippen LogP contribution in [-0.4, -0.2) is 117 Å². The first kappa shape index (κ1) is 66.4. The fourth-order valence-corrected chi connectivity index (χ4v) is 7.07. The number of H-pyrrole nitrogens is 1. The number of aldehydes is 1. The van der Waals surface area contributed by atoms with Crippen molar-refractivity contribution in [2.75, 3.05) is 58.6 Å². The number of carbonyl (C=O) groups is 1. The second kappa shape index (κ2) is 37.1. The molecule has 24 heteroatoms. The summed E-state index contributed by atoms with van der Waals surface area (Å²) in [6.07, 6.45) is 0.774. The number of hydrogen-bond acceptors (Lipinski definition) is 17. The van der Waals surface area contributed by atoms with Gasteiger partial charge < -0.3 is 69.5 Å². The molecule has 0 aliphatic rings. The van der Waals surface area contributed by atoms with Crippen LogP contribution in [0.25, 0.3) is 44.8 Å². The van der Waals surface area contributed by atoms with Crippen molar-refractivity contribution >= 4 is 62.5 Å². The smallest absolute Gasteiger partial charge is 0.749 e. The number of hydrogen-bond donors (Lipinski definition) is 7. The Bertz CT molecular complexity index is 3110. The molecule has 78 heavy (non-hydrogen) atoms. The maximum absolute atomic E-state index is 10.3. The number of carbonyl (C=O) groups excluding carboxylic acids is 1. The van der Waals surface area contributed by atoms with Gasteiger partial charge in [0, 0.05) is 29.3 Å². The number of nitrogens with one attached hydrogen (secondary N) is 1. The number of ether oxygens (including phenoxy) is 4. The minimum atomic E-state index is -2.96. The Hall–Kier alpha value is -5.87. The van der Waals surface area contributed by atoms with E-state index < -0.39 is 22.7 Å². The van der Waals surface area contributed by atoms with Crippen LogP contribution in [0.2, 0.25) is 0 Å². The number of benzene rings is 7. The van der Waals surface area contributed by atoms with Gasteiger partial charge in [-0.3, -0.25) is 4.79 Å². The number of quaternary nitrogens is 1. The maximum atomic E-state index is 10.3. The average molecular weight is 1120 g/mol. The number of aromatic amines is 1. The molecule has 0 bridgehead atoms. The van der Waals surface area contributed by atoms with Gasteiger partial charge in [0.1, 0.15) is 67.4 Å². The monoisotopic (exact) mass is 1120 g/mol. The van der Waals surface area contributed by atoms with Crippen molar-refractivity contribution in [2.45, 2.75) is 6.54 Å². The van der Waals surface area contributed by atoms with E-state index in [1.807, 2.05) is 140 Å². The third-order valence-electron chi connectivity index (χ3n) is 10.2. The van der Waals surface area contributed by atoms with Crippen LogP contribution in [0.4, 0.5) is 11.4 Å². The first-order valence-electron chi connectivity index (χ1n) is 23.2. The molecule has 400 valence electrons. The molecular formula is C54H57N6Na2O14S2+. The van der Waals surface area contributed by atoms with E-state index in [9.17, 15) is 22.3 Å². The third-order valence-corrected chi connectivity index (χ3v) is 11.1. The van der Waals surface area contributed by atoms with E-state index >= 15 is 0 Å². The van der Waals surface area contributed by atoms with Crippen molar-refractivity contribution in [3.8, 4) is 45.8 Å². The molecule has 20 nitrogen and oxygen atoms in total. The summed E-state index contributed by atoms with van der Waals surface area (Å²) in [7, 11) is 0. The van der Waals surface area contributed by atoms with Gasteiger partial charge in [0.05, 0.1) is 76.9 Å². The SMILES string of the molecule is Nc1ccccc1[NH3+].O=Cc1ccc(OCCO)cc1.O=S([O-])OS(=O)[O-].OCCOc1ccc(-c2nc3ccccc3[nH]2)cc1.OCCOc1ccc(Cn2c(-c3ccc(OCCO)cc3)nc3ccccc32)cc1.[Na+].[Na+]. The van der Waals surface area contributed by atoms with Gasteiger partial charge >= 0.3 is 59.1 Å². The summed E-state index contributed by atoms with van der Waals surface area (Å²) in [5, 5.41) is 35.0. The van der Waals surface area contributed by atoms with Crippen LogP contribution in [0.5, 0.6) is 23.0 Å². The summed E-state index contributed by atoms with van der Waals surface area (Å²) in [5.74, 6) is 4.58. The van der Waals surface area contributed by atoms with E-state index in [1.165, 1.54) is 0 Å². The second-order valence-corrected chi connectivity index (χ2v) is 16.8. The van der Waals surface area contributed by atoms with Crippen molar-refractivity contribution < 1.29 is 130 Å². The molecule has 0 fully saturated rings. The third kappa shape index (κ3) is 22.8. The molecule has 2 aromatic heterocycles. The molecule has 0 amide bonds. The zero-order valence-electron chi connectivity index (χ0n) is 42.9. The van der Waals surface area contributed by atoms with E-state index in [2.05, 4.69) is 30.0 Å². The normalized spacial score (nSPS) is 10.9. The van der Waals surface area contributed by atoms with Crippen molar-refractivity contribution in [3.63, 3.8) is 0 Å². The van der Waals surface area contributed by atoms with Gasteiger partial charge in [0.15, 0.2) is 5.69 Å². The number of aliphatic hydroxyl groups excluding tert-OH is 4. The van der Waals surface area contributed by atoms with Crippen LogP contribution in [0.15, 0.2) is 170 Å². The standard InChI is InChI=1S/C24H24N2O4.C15H14N2O2.C9H10O3.C6H8N2.2Na.H2O5S2/c27-13-15-29-20-9-5-18(6-10-20)17-26-23-4-2-1-3-22(23)25-24(26)19-7-11-21(12-8-19)30-16-14-28;18-9-10-19-12-7-5-11(6-8-12)15-16-13-3-1-2-4-14(13)17-15;10-5-6-12-9-3-1-8(7-11)2-4-9;7-5-3-1-2-4-6(5)8;;;1-6(2)5-7(3)4/h1-12,27-28H,13-17H2;1-8,18H,9-10H2,(H,16,17);1-4,7,10H,5-6H2;1-4H,7-8H2;;;(H,1,2)(H,3,4)/q;;;;2*+1;/p-1. The van der Waals surface area contributed by atoms with Crippen molar-refractivity contribution in [1.82, 2.24) is 19.5 Å². The van der Waals surface area contributed by atoms with Crippen LogP contribution in [-0.2, 0) is 32.9 Å². The summed E-state index contributed by atoms with van der Waals surface area (Å²) in [6.45, 7) is 1.81. The van der Waals surface area contributed by atoms with Gasteiger partial charge in [0.25, 0.3) is 0 Å². The van der Waals surface area contributed by atoms with Crippen LogP contribution in [0.3, 0.4) is 0 Å². The number of imidazole rings is 2. The Morgan fingerprint density at radius 2 is 1.00 bits per heavy atom. The van der Waals surface area contributed by atoms with E-state index in [0.29, 0.717) is 30.2 Å². The number of nitrogens with two attached hydrogens (primary N) is 1. The van der Waals surface area contributed by atoms with E-state index in [4.69, 9.17) is 50.1 Å². The summed E-state index contributed by atoms with van der Waals surface area (Å²) in [4.78, 5) is 22.9. The molecule has 2 heterocycles. The molecule has 9 rings (SSSR count). The van der Waals surface area contributed by atoms with Crippen LogP contribution >= 0.6 is 0 Å². The van der Waals surface area contributed by atoms with Crippen molar-refractivity contribution in [3.05, 3.63) is 181 Å². The predicted molar refractivity (Wildman–Crippen MR) is 287 cm³/mol. The van der Waals surface area contributed by atoms with Crippen LogP contribution in [0, 0.1) is 0 Å². The second-order valence-electron chi connectivity index (χ2n) is 15.5. The average Bonchev–Trinajstić information content (AvgIpc) is 4.06. The Morgan fingerprint density at radius 3 is 1.44 bits per heavy atom. The number of nitrogens with zero attached hydrogens (tertiary/aromatic N) is 3. The predicted octanol–water partition coefficient (Wildman–Crippen LogP) is -0.294. The Balaban J connectivity index is 0.000000285. The molecule has 0 radical (unpaired) electrons. The van der Waals surface area contributed by atoms with Crippen LogP contribution < -0.4 is 89.5 Å². The van der Waals surface area contributed by atoms with E-state index in [-0.39, 0.29) is 105 Å². The zero-order chi connectivity index (χ0) is 54.5. The molecule has 0 aliphatic heterocycles. The summed E-state index contributed by atoms with van der Waals surface area (Å²) < 4.78 is 63.4. The van der Waals surface area contributed by atoms with Crippen molar-refractivity contribution in [2.24, 2.45) is 0 Å². The molecular weight excluding hydrogens is 1070 g/mol. The van der Waals surface area contributed by atoms with Crippen molar-refractivity contribution in [1.29, 1.82) is 0 Å². The van der Waals surface area contributed by atoms with Gasteiger partial charge in [-0.05, 0) is 121 Å². The molecule has 7 aromatic carbocycles. The minimum Gasteiger partial charge on any atom is -0.749 e. The molecule has 9 aromatic rings. The van der Waals surface area contributed by atoms with Gasteiger partial charge in [-0.2, -0.15) is 0 Å². The number of rotatable bonds is 19.